The average molecular weight is 234 g/mol. The van der Waals surface area contributed by atoms with Gasteiger partial charge in [-0.2, -0.15) is 0 Å². The first-order valence-electron chi connectivity index (χ1n) is 5.56. The highest BCUT2D eigenvalue weighted by atomic mass is 16.5. The van der Waals surface area contributed by atoms with Crippen molar-refractivity contribution in [1.82, 2.24) is 0 Å². The minimum absolute atomic E-state index is 0.0991. The minimum Gasteiger partial charge on any atom is -0.490 e. The average Bonchev–Trinajstić information content (AvgIpc) is 2.26. The highest BCUT2D eigenvalue weighted by Gasteiger charge is 2.04. The Balaban J connectivity index is 2.97. The Morgan fingerprint density at radius 1 is 1.35 bits per heavy atom. The molecule has 1 aromatic rings. The van der Waals surface area contributed by atoms with E-state index in [1.54, 1.807) is 6.08 Å². The number of hydrogen-bond donors (Lipinski definition) is 0. The third kappa shape index (κ3) is 4.31. The summed E-state index contributed by atoms with van der Waals surface area (Å²) in [6.07, 6.45) is 3.18. The van der Waals surface area contributed by atoms with Crippen molar-refractivity contribution in [2.24, 2.45) is 0 Å². The Bertz CT molecular complexity index is 419. The molecule has 0 unspecified atom stereocenters. The number of aryl methyl sites for hydroxylation is 1. The molecule has 92 valence electrons. The molecule has 0 aliphatic heterocycles. The van der Waals surface area contributed by atoms with Gasteiger partial charge in [0.15, 0.2) is 0 Å². The number of benzene rings is 1. The molecule has 0 N–H and O–H groups in total. The Morgan fingerprint density at radius 2 is 2.06 bits per heavy atom. The van der Waals surface area contributed by atoms with Crippen LogP contribution >= 0.6 is 0 Å². The van der Waals surface area contributed by atoms with E-state index in [2.05, 4.69) is 4.74 Å². The monoisotopic (exact) mass is 234 g/mol. The standard InChI is InChI=1S/C14H18O3/c1-10(2)17-13-9-11(3)5-6-12(13)7-8-14(15)16-4/h5-10H,1-4H3. The maximum Gasteiger partial charge on any atom is 0.330 e. The molecule has 0 heterocycles. The minimum atomic E-state index is -0.374. The third-order valence-electron chi connectivity index (χ3n) is 2.13. The Morgan fingerprint density at radius 3 is 2.65 bits per heavy atom. The van der Waals surface area contributed by atoms with E-state index < -0.39 is 0 Å². The zero-order valence-electron chi connectivity index (χ0n) is 10.7. The molecule has 0 aromatic heterocycles. The summed E-state index contributed by atoms with van der Waals surface area (Å²) in [6.45, 7) is 5.94. The SMILES string of the molecule is COC(=O)C=Cc1ccc(C)cc1OC(C)C. The molecular formula is C14H18O3. The second kappa shape index (κ2) is 6.09. The highest BCUT2D eigenvalue weighted by molar-refractivity contribution is 5.87. The Labute approximate surface area is 102 Å². The molecular weight excluding hydrogens is 216 g/mol. The fourth-order valence-corrected chi connectivity index (χ4v) is 1.36. The van der Waals surface area contributed by atoms with Crippen LogP contribution < -0.4 is 4.74 Å². The van der Waals surface area contributed by atoms with Crippen molar-refractivity contribution in [3.05, 3.63) is 35.4 Å². The van der Waals surface area contributed by atoms with E-state index in [-0.39, 0.29) is 12.1 Å². The molecule has 0 atom stereocenters. The molecule has 3 nitrogen and oxygen atoms in total. The molecule has 0 aliphatic rings. The molecule has 0 spiro atoms. The number of methoxy groups -OCH3 is 1. The molecule has 17 heavy (non-hydrogen) atoms. The lowest BCUT2D eigenvalue weighted by atomic mass is 10.1. The fraction of sp³-hybridized carbons (Fsp3) is 0.357. The van der Waals surface area contributed by atoms with Crippen LogP contribution in [0.25, 0.3) is 6.08 Å². The summed E-state index contributed by atoms with van der Waals surface area (Å²) >= 11 is 0. The van der Waals surface area contributed by atoms with E-state index in [0.717, 1.165) is 16.9 Å². The molecule has 3 heteroatoms. The number of hydrogen-bond acceptors (Lipinski definition) is 3. The third-order valence-corrected chi connectivity index (χ3v) is 2.13. The van der Waals surface area contributed by atoms with Crippen molar-refractivity contribution in [2.45, 2.75) is 26.9 Å². The van der Waals surface area contributed by atoms with Gasteiger partial charge < -0.3 is 9.47 Å². The second-order valence-electron chi connectivity index (χ2n) is 4.06. The normalized spacial score (nSPS) is 10.9. The zero-order valence-corrected chi connectivity index (χ0v) is 10.7. The van der Waals surface area contributed by atoms with Crippen molar-refractivity contribution < 1.29 is 14.3 Å². The Hall–Kier alpha value is -1.77. The van der Waals surface area contributed by atoms with E-state index in [1.807, 2.05) is 39.0 Å². The predicted octanol–water partition coefficient (Wildman–Crippen LogP) is 2.97. The smallest absolute Gasteiger partial charge is 0.330 e. The topological polar surface area (TPSA) is 35.5 Å². The number of carbonyl (C=O) groups excluding carboxylic acids is 1. The van der Waals surface area contributed by atoms with E-state index >= 15 is 0 Å². The first-order valence-corrected chi connectivity index (χ1v) is 5.56. The van der Waals surface area contributed by atoms with E-state index in [0.29, 0.717) is 0 Å². The number of ether oxygens (including phenoxy) is 2. The van der Waals surface area contributed by atoms with Crippen LogP contribution in [0.3, 0.4) is 0 Å². The molecule has 0 saturated heterocycles. The van der Waals surface area contributed by atoms with Crippen molar-refractivity contribution in [3.63, 3.8) is 0 Å². The van der Waals surface area contributed by atoms with Crippen molar-refractivity contribution in [3.8, 4) is 5.75 Å². The van der Waals surface area contributed by atoms with E-state index in [4.69, 9.17) is 4.74 Å². The van der Waals surface area contributed by atoms with Gasteiger partial charge in [-0.25, -0.2) is 4.79 Å². The molecule has 0 fully saturated rings. The summed E-state index contributed by atoms with van der Waals surface area (Å²) < 4.78 is 10.2. The lowest BCUT2D eigenvalue weighted by molar-refractivity contribution is -0.134. The summed E-state index contributed by atoms with van der Waals surface area (Å²) in [5.74, 6) is 0.404. The van der Waals surface area contributed by atoms with Crippen molar-refractivity contribution in [2.75, 3.05) is 7.11 Å². The van der Waals surface area contributed by atoms with Gasteiger partial charge in [0.05, 0.1) is 13.2 Å². The Kier molecular flexibility index (Phi) is 4.76. The first-order chi connectivity index (χ1) is 8.02. The van der Waals surface area contributed by atoms with E-state index in [1.165, 1.54) is 13.2 Å². The van der Waals surface area contributed by atoms with Crippen molar-refractivity contribution in [1.29, 1.82) is 0 Å². The molecule has 0 aliphatic carbocycles. The van der Waals surface area contributed by atoms with Crippen LogP contribution in [0, 0.1) is 6.92 Å². The van der Waals surface area contributed by atoms with Crippen LogP contribution in [0.15, 0.2) is 24.3 Å². The largest absolute Gasteiger partial charge is 0.490 e. The number of carbonyl (C=O) groups is 1. The molecule has 0 saturated carbocycles. The molecule has 1 aromatic carbocycles. The first kappa shape index (κ1) is 13.3. The van der Waals surface area contributed by atoms with E-state index in [9.17, 15) is 4.79 Å². The fourth-order valence-electron chi connectivity index (χ4n) is 1.36. The van der Waals surface area contributed by atoms with Gasteiger partial charge in [-0.05, 0) is 38.5 Å². The summed E-state index contributed by atoms with van der Waals surface area (Å²) in [6, 6.07) is 5.85. The van der Waals surface area contributed by atoms with Crippen LogP contribution in [0.4, 0.5) is 0 Å². The van der Waals surface area contributed by atoms with Gasteiger partial charge >= 0.3 is 5.97 Å². The second-order valence-corrected chi connectivity index (χ2v) is 4.06. The van der Waals surface area contributed by atoms with Crippen LogP contribution in [-0.4, -0.2) is 19.2 Å². The summed E-state index contributed by atoms with van der Waals surface area (Å²) in [7, 11) is 1.35. The van der Waals surface area contributed by atoms with Crippen LogP contribution in [0.2, 0.25) is 0 Å². The molecule has 1 rings (SSSR count). The van der Waals surface area contributed by atoms with Crippen LogP contribution in [0.5, 0.6) is 5.75 Å². The zero-order chi connectivity index (χ0) is 12.8. The van der Waals surface area contributed by atoms with Gasteiger partial charge in [-0.3, -0.25) is 0 Å². The maximum atomic E-state index is 11.0. The summed E-state index contributed by atoms with van der Waals surface area (Å²) in [5, 5.41) is 0. The van der Waals surface area contributed by atoms with Gasteiger partial charge in [0.2, 0.25) is 0 Å². The van der Waals surface area contributed by atoms with Gasteiger partial charge in [0.25, 0.3) is 0 Å². The maximum absolute atomic E-state index is 11.0. The summed E-state index contributed by atoms with van der Waals surface area (Å²) in [5.41, 5.74) is 1.99. The molecule has 0 radical (unpaired) electrons. The van der Waals surface area contributed by atoms with Gasteiger partial charge in [-0.15, -0.1) is 0 Å². The molecule has 0 amide bonds. The molecule has 0 bridgehead atoms. The van der Waals surface area contributed by atoms with Crippen molar-refractivity contribution >= 4 is 12.0 Å². The van der Waals surface area contributed by atoms with Crippen LogP contribution in [-0.2, 0) is 9.53 Å². The predicted molar refractivity (Wildman–Crippen MR) is 68.0 cm³/mol. The van der Waals surface area contributed by atoms with Gasteiger partial charge in [0.1, 0.15) is 5.75 Å². The van der Waals surface area contributed by atoms with Crippen LogP contribution in [0.1, 0.15) is 25.0 Å². The van der Waals surface area contributed by atoms with Gasteiger partial charge in [-0.1, -0.05) is 12.1 Å². The highest BCUT2D eigenvalue weighted by Crippen LogP contribution is 2.22. The van der Waals surface area contributed by atoms with Gasteiger partial charge in [0, 0.05) is 11.6 Å². The lowest BCUT2D eigenvalue weighted by Crippen LogP contribution is -2.06. The number of esters is 1. The lowest BCUT2D eigenvalue weighted by Gasteiger charge is -2.13. The summed E-state index contributed by atoms with van der Waals surface area (Å²) in [4.78, 5) is 11.0. The number of rotatable bonds is 4. The quantitative estimate of drug-likeness (QED) is 0.593.